The van der Waals surface area contributed by atoms with Gasteiger partial charge in [-0.15, -0.1) is 0 Å². The van der Waals surface area contributed by atoms with E-state index in [1.54, 1.807) is 6.07 Å². The number of amides is 2. The van der Waals surface area contributed by atoms with E-state index in [0.717, 1.165) is 43.5 Å². The average molecular weight is 457 g/mol. The summed E-state index contributed by atoms with van der Waals surface area (Å²) in [4.78, 5) is 14.4. The highest BCUT2D eigenvalue weighted by atomic mass is 19.1. The molecule has 4 rings (SSSR count). The van der Waals surface area contributed by atoms with Crippen molar-refractivity contribution in [3.05, 3.63) is 53.4 Å². The molecule has 1 fully saturated rings. The number of nitrogens with zero attached hydrogens (tertiary/aromatic N) is 1. The molecule has 0 radical (unpaired) electrons. The van der Waals surface area contributed by atoms with Crippen LogP contribution in [0.5, 0.6) is 0 Å². The molecule has 1 aliphatic carbocycles. The molecule has 1 aromatic carbocycles. The van der Waals surface area contributed by atoms with Crippen molar-refractivity contribution in [1.82, 2.24) is 15.5 Å². The van der Waals surface area contributed by atoms with Crippen LogP contribution >= 0.6 is 0 Å². The van der Waals surface area contributed by atoms with Crippen molar-refractivity contribution in [1.29, 1.82) is 0 Å². The lowest BCUT2D eigenvalue weighted by molar-refractivity contribution is -0.0931. The number of aryl methyl sites for hydroxylation is 1. The van der Waals surface area contributed by atoms with Gasteiger partial charge in [-0.05, 0) is 51.4 Å². The van der Waals surface area contributed by atoms with E-state index in [1.807, 2.05) is 20.0 Å². The number of carbonyl (C=O) groups excluding carboxylic acids is 1. The van der Waals surface area contributed by atoms with Crippen LogP contribution in [0.3, 0.4) is 0 Å². The number of allylic oxidation sites excluding steroid dienone is 3. The minimum Gasteiger partial charge on any atom is -0.379 e. The number of fused-ring (bicyclic) bond motifs is 3. The predicted octanol–water partition coefficient (Wildman–Crippen LogP) is 4.15. The van der Waals surface area contributed by atoms with E-state index in [9.17, 15) is 9.18 Å². The molecule has 1 unspecified atom stereocenters. The van der Waals surface area contributed by atoms with Gasteiger partial charge in [-0.25, -0.2) is 9.18 Å². The maximum atomic E-state index is 15.0. The van der Waals surface area contributed by atoms with Crippen molar-refractivity contribution in [2.24, 2.45) is 11.8 Å². The van der Waals surface area contributed by atoms with Gasteiger partial charge in [0.15, 0.2) is 0 Å². The molecule has 33 heavy (non-hydrogen) atoms. The molecule has 1 saturated heterocycles. The maximum absolute atomic E-state index is 15.0. The molecule has 2 heterocycles. The summed E-state index contributed by atoms with van der Waals surface area (Å²) < 4.78 is 21.5. The summed E-state index contributed by atoms with van der Waals surface area (Å²) in [6.07, 6.45) is 11.1. The topological polar surface area (TPSA) is 65.6 Å². The second kappa shape index (κ2) is 10.7. The van der Waals surface area contributed by atoms with Crippen molar-refractivity contribution in [2.45, 2.75) is 51.4 Å². The largest absolute Gasteiger partial charge is 0.379 e. The highest BCUT2D eigenvalue weighted by Gasteiger charge is 2.44. The summed E-state index contributed by atoms with van der Waals surface area (Å²) >= 11 is 0. The van der Waals surface area contributed by atoms with Crippen LogP contribution in [0.15, 0.2) is 36.4 Å². The van der Waals surface area contributed by atoms with Crippen LogP contribution in [0.1, 0.15) is 43.4 Å². The average Bonchev–Trinajstić information content (AvgIpc) is 2.82. The van der Waals surface area contributed by atoms with Crippen molar-refractivity contribution in [2.75, 3.05) is 38.5 Å². The zero-order chi connectivity index (χ0) is 23.4. The van der Waals surface area contributed by atoms with E-state index in [1.165, 1.54) is 0 Å². The third kappa shape index (κ3) is 5.58. The Balaban J connectivity index is 1.43. The zero-order valence-electron chi connectivity index (χ0n) is 19.9. The fourth-order valence-corrected chi connectivity index (χ4v) is 5.23. The molecule has 0 bridgehead atoms. The van der Waals surface area contributed by atoms with Crippen molar-refractivity contribution in [3.8, 4) is 0 Å². The van der Waals surface area contributed by atoms with Gasteiger partial charge in [0.1, 0.15) is 5.82 Å². The van der Waals surface area contributed by atoms with E-state index < -0.39 is 0 Å². The van der Waals surface area contributed by atoms with Crippen LogP contribution < -0.4 is 16.0 Å². The number of benzene rings is 1. The van der Waals surface area contributed by atoms with E-state index in [-0.39, 0.29) is 36.0 Å². The molecule has 3 N–H and O–H groups in total. The van der Waals surface area contributed by atoms with E-state index >= 15 is 0 Å². The monoisotopic (exact) mass is 456 g/mol. The van der Waals surface area contributed by atoms with Gasteiger partial charge in [-0.3, -0.25) is 0 Å². The van der Waals surface area contributed by atoms with E-state index in [4.69, 9.17) is 4.74 Å². The summed E-state index contributed by atoms with van der Waals surface area (Å²) in [6, 6.07) is 3.58. The Morgan fingerprint density at radius 3 is 2.88 bits per heavy atom. The van der Waals surface area contributed by atoms with Gasteiger partial charge in [0.2, 0.25) is 0 Å². The van der Waals surface area contributed by atoms with Gasteiger partial charge < -0.3 is 25.6 Å². The number of likely N-dealkylation sites (N-methyl/N-ethyl adjacent to an activating group) is 1. The minimum atomic E-state index is -0.218. The Bertz CT molecular complexity index is 903. The second-order valence-corrected chi connectivity index (χ2v) is 9.55. The Hall–Kier alpha value is -2.38. The van der Waals surface area contributed by atoms with Gasteiger partial charge >= 0.3 is 6.03 Å². The molecule has 0 saturated carbocycles. The number of halogens is 1. The molecule has 3 aliphatic rings. The quantitative estimate of drug-likeness (QED) is 0.577. The Morgan fingerprint density at radius 2 is 2.12 bits per heavy atom. The molecule has 0 aromatic heterocycles. The second-order valence-electron chi connectivity index (χ2n) is 9.55. The van der Waals surface area contributed by atoms with E-state index in [0.29, 0.717) is 24.7 Å². The van der Waals surface area contributed by atoms with Crippen LogP contribution in [0.4, 0.5) is 14.9 Å². The highest BCUT2D eigenvalue weighted by Crippen LogP contribution is 2.48. The Kier molecular flexibility index (Phi) is 7.71. The first kappa shape index (κ1) is 23.8. The van der Waals surface area contributed by atoms with Crippen LogP contribution in [0, 0.1) is 24.6 Å². The fourth-order valence-electron chi connectivity index (χ4n) is 5.23. The first-order chi connectivity index (χ1) is 16.0. The molecule has 0 spiro atoms. The van der Waals surface area contributed by atoms with Gasteiger partial charge in [0, 0.05) is 43.1 Å². The number of nitrogens with one attached hydrogen (secondary N) is 3. The third-order valence-corrected chi connectivity index (χ3v) is 7.18. The van der Waals surface area contributed by atoms with Crippen LogP contribution in [-0.2, 0) is 4.74 Å². The van der Waals surface area contributed by atoms with Crippen molar-refractivity contribution in [3.63, 3.8) is 0 Å². The van der Waals surface area contributed by atoms with Gasteiger partial charge in [0.25, 0.3) is 0 Å². The molecule has 7 heteroatoms. The predicted molar refractivity (Wildman–Crippen MR) is 130 cm³/mol. The van der Waals surface area contributed by atoms with E-state index in [2.05, 4.69) is 52.1 Å². The zero-order valence-corrected chi connectivity index (χ0v) is 19.9. The summed E-state index contributed by atoms with van der Waals surface area (Å²) in [5.74, 6) is 0.347. The first-order valence-electron chi connectivity index (χ1n) is 12.2. The van der Waals surface area contributed by atoms with Gasteiger partial charge in [-0.1, -0.05) is 37.3 Å². The number of rotatable bonds is 7. The summed E-state index contributed by atoms with van der Waals surface area (Å²) in [6.45, 7) is 6.83. The number of carbonyl (C=O) groups is 1. The Morgan fingerprint density at radius 1 is 1.27 bits per heavy atom. The SMILES string of the molecule is CCN(C)CCNC(=O)NC[C@H]1CC[C@@H]2[C@H](O1)c1cc(C)cc(F)c1N[C@H]2C1C=CC=CC1. The summed E-state index contributed by atoms with van der Waals surface area (Å²) in [5.41, 5.74) is 2.37. The highest BCUT2D eigenvalue weighted by molar-refractivity contribution is 5.73. The molecule has 6 nitrogen and oxygen atoms in total. The summed E-state index contributed by atoms with van der Waals surface area (Å²) in [7, 11) is 2.03. The third-order valence-electron chi connectivity index (χ3n) is 7.18. The normalized spacial score (nSPS) is 28.1. The molecule has 2 aliphatic heterocycles. The van der Waals surface area contributed by atoms with Crippen LogP contribution in [0.2, 0.25) is 0 Å². The molecule has 2 amide bonds. The molecule has 5 atom stereocenters. The van der Waals surface area contributed by atoms with Gasteiger partial charge in [0.05, 0.1) is 17.9 Å². The molecular weight excluding hydrogens is 419 g/mol. The number of hydrogen-bond acceptors (Lipinski definition) is 4. The lowest BCUT2D eigenvalue weighted by atomic mass is 9.73. The standard InChI is InChI=1S/C26H37FN4O2/c1-4-31(3)13-12-28-26(32)29-16-19-10-11-20-23(18-8-6-5-7-9-18)30-24-21(25(20)33-19)14-17(2)15-22(24)27/h5-8,14-15,18-20,23,25,30H,4,9-13,16H2,1-3H3,(H2,28,29,32)/t18?,19-,20+,23+,25+/m1/s1. The minimum absolute atomic E-state index is 0.0905. The fraction of sp³-hybridized carbons (Fsp3) is 0.577. The lowest BCUT2D eigenvalue weighted by Gasteiger charge is -2.47. The number of anilines is 1. The number of urea groups is 1. The van der Waals surface area contributed by atoms with Crippen molar-refractivity contribution >= 4 is 11.7 Å². The van der Waals surface area contributed by atoms with Crippen LogP contribution in [-0.4, -0.2) is 56.3 Å². The smallest absolute Gasteiger partial charge is 0.314 e. The van der Waals surface area contributed by atoms with Gasteiger partial charge in [-0.2, -0.15) is 0 Å². The Labute approximate surface area is 196 Å². The first-order valence-corrected chi connectivity index (χ1v) is 12.2. The molecule has 1 aromatic rings. The maximum Gasteiger partial charge on any atom is 0.314 e. The number of hydrogen-bond donors (Lipinski definition) is 3. The van der Waals surface area contributed by atoms with Crippen LogP contribution in [0.25, 0.3) is 0 Å². The lowest BCUT2D eigenvalue weighted by Crippen LogP contribution is -2.49. The van der Waals surface area contributed by atoms with Crippen molar-refractivity contribution < 1.29 is 13.9 Å². The molecular formula is C26H37FN4O2. The summed E-state index contributed by atoms with van der Waals surface area (Å²) in [5, 5.41) is 9.40. The molecule has 180 valence electrons. The number of ether oxygens (including phenoxy) is 1.